The van der Waals surface area contributed by atoms with E-state index in [1.54, 1.807) is 0 Å². The monoisotopic (exact) mass is 182 g/mol. The van der Waals surface area contributed by atoms with Crippen molar-refractivity contribution in [2.24, 2.45) is 5.92 Å². The minimum atomic E-state index is -0.0543. The Balaban J connectivity index is 2.42. The van der Waals surface area contributed by atoms with Gasteiger partial charge in [0, 0.05) is 12.6 Å². The van der Waals surface area contributed by atoms with Crippen molar-refractivity contribution in [1.29, 1.82) is 0 Å². The van der Waals surface area contributed by atoms with E-state index >= 15 is 0 Å². The molecule has 1 fully saturated rings. The maximum absolute atomic E-state index is 11.1. The molecule has 3 nitrogen and oxygen atoms in total. The van der Waals surface area contributed by atoms with E-state index < -0.39 is 0 Å². The molecule has 1 rings (SSSR count). The van der Waals surface area contributed by atoms with Gasteiger partial charge in [0.2, 0.25) is 5.91 Å². The lowest BCUT2D eigenvalue weighted by Gasteiger charge is -2.34. The van der Waals surface area contributed by atoms with Crippen molar-refractivity contribution in [2.45, 2.75) is 19.4 Å². The van der Waals surface area contributed by atoms with E-state index in [1.165, 1.54) is 6.08 Å². The second-order valence-electron chi connectivity index (χ2n) is 3.85. The highest BCUT2D eigenvalue weighted by Gasteiger charge is 2.24. The summed E-state index contributed by atoms with van der Waals surface area (Å²) in [5, 5.41) is 2.96. The number of nitrogens with zero attached hydrogens (tertiary/aromatic N) is 1. The third-order valence-corrected chi connectivity index (χ3v) is 2.62. The van der Waals surface area contributed by atoms with Crippen LogP contribution in [0, 0.1) is 5.92 Å². The molecule has 3 heteroatoms. The summed E-state index contributed by atoms with van der Waals surface area (Å²) in [6.07, 6.45) is 2.38. The largest absolute Gasteiger partial charge is 0.349 e. The Bertz CT molecular complexity index is 203. The number of rotatable bonds is 2. The number of carbonyl (C=O) groups is 1. The molecule has 0 radical (unpaired) electrons. The molecule has 2 atom stereocenters. The number of amides is 1. The summed E-state index contributed by atoms with van der Waals surface area (Å²) in [4.78, 5) is 13.4. The van der Waals surface area contributed by atoms with E-state index in [1.807, 2.05) is 0 Å². The van der Waals surface area contributed by atoms with Gasteiger partial charge >= 0.3 is 0 Å². The summed E-state index contributed by atoms with van der Waals surface area (Å²) in [6.45, 7) is 7.73. The highest BCUT2D eigenvalue weighted by atomic mass is 16.1. The number of nitrogens with one attached hydrogen (secondary N) is 1. The van der Waals surface area contributed by atoms with Gasteiger partial charge in [-0.2, -0.15) is 0 Å². The molecule has 1 N–H and O–H groups in total. The Labute approximate surface area is 79.8 Å². The van der Waals surface area contributed by atoms with Gasteiger partial charge in [-0.05, 0) is 32.0 Å². The van der Waals surface area contributed by atoms with Crippen molar-refractivity contribution in [2.75, 3.05) is 20.1 Å². The molecular weight excluding hydrogens is 164 g/mol. The van der Waals surface area contributed by atoms with Gasteiger partial charge in [-0.1, -0.05) is 13.5 Å². The Hall–Kier alpha value is -0.830. The van der Waals surface area contributed by atoms with Crippen molar-refractivity contribution >= 4 is 5.91 Å². The van der Waals surface area contributed by atoms with Gasteiger partial charge in [-0.3, -0.25) is 4.79 Å². The van der Waals surface area contributed by atoms with E-state index in [0.717, 1.165) is 19.5 Å². The van der Waals surface area contributed by atoms with Gasteiger partial charge in [-0.25, -0.2) is 0 Å². The second-order valence-corrected chi connectivity index (χ2v) is 3.85. The fourth-order valence-corrected chi connectivity index (χ4v) is 1.81. The first-order chi connectivity index (χ1) is 6.13. The van der Waals surface area contributed by atoms with Crippen molar-refractivity contribution in [3.05, 3.63) is 12.7 Å². The van der Waals surface area contributed by atoms with Crippen LogP contribution >= 0.6 is 0 Å². The van der Waals surface area contributed by atoms with Gasteiger partial charge in [-0.15, -0.1) is 0 Å². The average molecular weight is 182 g/mol. The van der Waals surface area contributed by atoms with Gasteiger partial charge in [0.25, 0.3) is 0 Å². The molecule has 13 heavy (non-hydrogen) atoms. The Morgan fingerprint density at radius 1 is 1.69 bits per heavy atom. The summed E-state index contributed by atoms with van der Waals surface area (Å²) in [5.41, 5.74) is 0. The van der Waals surface area contributed by atoms with Crippen LogP contribution in [0.4, 0.5) is 0 Å². The van der Waals surface area contributed by atoms with Gasteiger partial charge in [0.1, 0.15) is 0 Å². The molecule has 0 saturated carbocycles. The molecule has 1 heterocycles. The van der Waals surface area contributed by atoms with Crippen LogP contribution < -0.4 is 5.32 Å². The van der Waals surface area contributed by atoms with Gasteiger partial charge in [0.05, 0.1) is 0 Å². The summed E-state index contributed by atoms with van der Waals surface area (Å²) in [5.74, 6) is 0.476. The fraction of sp³-hybridized carbons (Fsp3) is 0.700. The smallest absolute Gasteiger partial charge is 0.243 e. The molecular formula is C10H18N2O. The van der Waals surface area contributed by atoms with Crippen LogP contribution in [0.1, 0.15) is 13.3 Å². The maximum atomic E-state index is 11.1. The Morgan fingerprint density at radius 3 is 2.92 bits per heavy atom. The number of hydrogen-bond donors (Lipinski definition) is 1. The zero-order valence-electron chi connectivity index (χ0n) is 8.42. The highest BCUT2D eigenvalue weighted by Crippen LogP contribution is 2.14. The number of likely N-dealkylation sites (tertiary alicyclic amines) is 1. The molecule has 0 aliphatic carbocycles. The number of hydrogen-bond acceptors (Lipinski definition) is 2. The maximum Gasteiger partial charge on any atom is 0.243 e. The fourth-order valence-electron chi connectivity index (χ4n) is 1.81. The zero-order chi connectivity index (χ0) is 9.84. The molecule has 0 aromatic carbocycles. The van der Waals surface area contributed by atoms with Crippen LogP contribution in [-0.2, 0) is 4.79 Å². The average Bonchev–Trinajstić information content (AvgIpc) is 2.09. The third-order valence-electron chi connectivity index (χ3n) is 2.62. The van der Waals surface area contributed by atoms with E-state index in [9.17, 15) is 4.79 Å². The minimum Gasteiger partial charge on any atom is -0.349 e. The lowest BCUT2D eigenvalue weighted by molar-refractivity contribution is -0.117. The van der Waals surface area contributed by atoms with Crippen LogP contribution in [-0.4, -0.2) is 37.0 Å². The molecule has 0 aromatic rings. The quantitative estimate of drug-likeness (QED) is 0.635. The van der Waals surface area contributed by atoms with Gasteiger partial charge < -0.3 is 10.2 Å². The molecule has 1 saturated heterocycles. The SMILES string of the molecule is C=CC(=O)NC1CCN(C)CC1C. The standard InChI is InChI=1S/C10H18N2O/c1-4-10(13)11-9-5-6-12(3)7-8(9)2/h4,8-9H,1,5-7H2,2-3H3,(H,11,13). The number of carbonyl (C=O) groups excluding carboxylic acids is 1. The van der Waals surface area contributed by atoms with Crippen molar-refractivity contribution in [3.63, 3.8) is 0 Å². The minimum absolute atomic E-state index is 0.0543. The lowest BCUT2D eigenvalue weighted by Crippen LogP contribution is -2.48. The van der Waals surface area contributed by atoms with Crippen molar-refractivity contribution in [1.82, 2.24) is 10.2 Å². The van der Waals surface area contributed by atoms with Crippen LogP contribution in [0.15, 0.2) is 12.7 Å². The van der Waals surface area contributed by atoms with E-state index in [-0.39, 0.29) is 5.91 Å². The molecule has 0 spiro atoms. The Kier molecular flexibility index (Phi) is 3.48. The number of piperidine rings is 1. The third kappa shape index (κ3) is 2.84. The van der Waals surface area contributed by atoms with Gasteiger partial charge in [0.15, 0.2) is 0 Å². The molecule has 2 unspecified atom stereocenters. The molecule has 74 valence electrons. The molecule has 1 amide bonds. The van der Waals surface area contributed by atoms with Crippen molar-refractivity contribution in [3.8, 4) is 0 Å². The zero-order valence-corrected chi connectivity index (χ0v) is 8.42. The lowest BCUT2D eigenvalue weighted by atomic mass is 9.94. The first kappa shape index (κ1) is 10.3. The molecule has 1 aliphatic rings. The van der Waals surface area contributed by atoms with E-state index in [0.29, 0.717) is 12.0 Å². The first-order valence-electron chi connectivity index (χ1n) is 4.75. The first-order valence-corrected chi connectivity index (χ1v) is 4.75. The van der Waals surface area contributed by atoms with Crippen LogP contribution in [0.3, 0.4) is 0 Å². The summed E-state index contributed by atoms with van der Waals surface area (Å²) >= 11 is 0. The van der Waals surface area contributed by atoms with Crippen LogP contribution in [0.5, 0.6) is 0 Å². The van der Waals surface area contributed by atoms with E-state index in [2.05, 4.69) is 30.8 Å². The molecule has 0 bridgehead atoms. The predicted molar refractivity (Wildman–Crippen MR) is 53.4 cm³/mol. The van der Waals surface area contributed by atoms with E-state index in [4.69, 9.17) is 0 Å². The summed E-state index contributed by atoms with van der Waals surface area (Å²) in [7, 11) is 2.11. The highest BCUT2D eigenvalue weighted by molar-refractivity contribution is 5.87. The Morgan fingerprint density at radius 2 is 2.38 bits per heavy atom. The van der Waals surface area contributed by atoms with Crippen LogP contribution in [0.2, 0.25) is 0 Å². The molecule has 1 aliphatic heterocycles. The summed E-state index contributed by atoms with van der Waals surface area (Å²) < 4.78 is 0. The topological polar surface area (TPSA) is 32.3 Å². The normalized spacial score (nSPS) is 29.7. The predicted octanol–water partition coefficient (Wildman–Crippen LogP) is 0.629. The summed E-state index contributed by atoms with van der Waals surface area (Å²) in [6, 6.07) is 0.321. The second kappa shape index (κ2) is 4.42. The van der Waals surface area contributed by atoms with Crippen LogP contribution in [0.25, 0.3) is 0 Å². The van der Waals surface area contributed by atoms with Crippen molar-refractivity contribution < 1.29 is 4.79 Å². The molecule has 0 aromatic heterocycles.